The van der Waals surface area contributed by atoms with E-state index in [0.29, 0.717) is 11.6 Å². The van der Waals surface area contributed by atoms with Crippen LogP contribution < -0.4 is 0 Å². The van der Waals surface area contributed by atoms with E-state index in [9.17, 15) is 9.90 Å². The number of carbonyl (C=O) groups excluding carboxylic acids is 1. The third-order valence-electron chi connectivity index (χ3n) is 2.12. The maximum Gasteiger partial charge on any atom is 0.258 e. The van der Waals surface area contributed by atoms with E-state index in [0.717, 1.165) is 0 Å². The van der Waals surface area contributed by atoms with E-state index in [2.05, 4.69) is 0 Å². The average molecular weight is 239 g/mol. The van der Waals surface area contributed by atoms with Gasteiger partial charge in [0.15, 0.2) is 0 Å². The van der Waals surface area contributed by atoms with Crippen molar-refractivity contribution in [1.82, 2.24) is 4.90 Å². The van der Waals surface area contributed by atoms with Gasteiger partial charge in [-0.3, -0.25) is 4.79 Å². The second-order valence-corrected chi connectivity index (χ2v) is 3.58. The zero-order valence-corrected chi connectivity index (χ0v) is 9.53. The van der Waals surface area contributed by atoms with E-state index in [1.165, 1.54) is 23.1 Å². The Morgan fingerprint density at radius 2 is 2.31 bits per heavy atom. The number of hydrogen-bond acceptors (Lipinski definition) is 3. The Morgan fingerprint density at radius 3 is 2.88 bits per heavy atom. The molecule has 0 bridgehead atoms. The lowest BCUT2D eigenvalue weighted by atomic mass is 10.1. The van der Waals surface area contributed by atoms with E-state index < -0.39 is 5.91 Å². The van der Waals surface area contributed by atoms with Crippen molar-refractivity contribution in [3.8, 4) is 11.8 Å². The van der Waals surface area contributed by atoms with E-state index in [4.69, 9.17) is 16.9 Å². The fourth-order valence-corrected chi connectivity index (χ4v) is 1.43. The van der Waals surface area contributed by atoms with Crippen molar-refractivity contribution in [2.75, 3.05) is 13.1 Å². The van der Waals surface area contributed by atoms with Crippen LogP contribution in [0.3, 0.4) is 0 Å². The Morgan fingerprint density at radius 1 is 1.62 bits per heavy atom. The molecule has 0 aliphatic carbocycles. The lowest BCUT2D eigenvalue weighted by molar-refractivity contribution is 0.0781. The first kappa shape index (κ1) is 12.3. The fourth-order valence-electron chi connectivity index (χ4n) is 1.26. The maximum absolute atomic E-state index is 11.9. The summed E-state index contributed by atoms with van der Waals surface area (Å²) < 4.78 is 0. The molecule has 16 heavy (non-hydrogen) atoms. The molecule has 1 aromatic rings. The van der Waals surface area contributed by atoms with Crippen molar-refractivity contribution in [3.05, 3.63) is 28.8 Å². The smallest absolute Gasteiger partial charge is 0.258 e. The number of aromatic hydroxyl groups is 1. The van der Waals surface area contributed by atoms with Gasteiger partial charge in [-0.25, -0.2) is 0 Å². The summed E-state index contributed by atoms with van der Waals surface area (Å²) in [5.74, 6) is -0.533. The minimum atomic E-state index is -0.399. The van der Waals surface area contributed by atoms with E-state index in [1.807, 2.05) is 6.07 Å². The van der Waals surface area contributed by atoms with Gasteiger partial charge in [0.05, 0.1) is 11.6 Å². The summed E-state index contributed by atoms with van der Waals surface area (Å²) in [5.41, 5.74) is 0.115. The summed E-state index contributed by atoms with van der Waals surface area (Å²) in [5, 5.41) is 18.5. The number of amides is 1. The molecule has 4 nitrogen and oxygen atoms in total. The van der Waals surface area contributed by atoms with Crippen molar-refractivity contribution < 1.29 is 9.90 Å². The monoisotopic (exact) mass is 238 g/mol. The summed E-state index contributed by atoms with van der Waals surface area (Å²) in [4.78, 5) is 13.2. The molecule has 0 fully saturated rings. The number of nitrogens with zero attached hydrogens (tertiary/aromatic N) is 2. The highest BCUT2D eigenvalue weighted by molar-refractivity contribution is 6.31. The molecule has 0 atom stereocenters. The largest absolute Gasteiger partial charge is 0.507 e. The minimum absolute atomic E-state index is 0.0126. The van der Waals surface area contributed by atoms with Gasteiger partial charge in [0, 0.05) is 11.6 Å². The second-order valence-electron chi connectivity index (χ2n) is 3.14. The van der Waals surface area contributed by atoms with Crippen LogP contribution in [0.2, 0.25) is 5.02 Å². The van der Waals surface area contributed by atoms with Crippen LogP contribution in [0.1, 0.15) is 17.3 Å². The van der Waals surface area contributed by atoms with E-state index >= 15 is 0 Å². The van der Waals surface area contributed by atoms with Gasteiger partial charge in [-0.2, -0.15) is 5.26 Å². The summed E-state index contributed by atoms with van der Waals surface area (Å²) >= 11 is 5.74. The second kappa shape index (κ2) is 5.38. The molecular formula is C11H11ClN2O2. The van der Waals surface area contributed by atoms with Gasteiger partial charge in [-0.15, -0.1) is 0 Å². The quantitative estimate of drug-likeness (QED) is 0.820. The predicted molar refractivity (Wildman–Crippen MR) is 60.3 cm³/mol. The molecule has 0 aromatic heterocycles. The molecule has 1 N–H and O–H groups in total. The first-order valence-electron chi connectivity index (χ1n) is 4.75. The SMILES string of the molecule is CCN(CC#N)C(=O)c1cc(Cl)ccc1O. The number of benzene rings is 1. The molecule has 5 heteroatoms. The molecule has 1 rings (SSSR count). The minimum Gasteiger partial charge on any atom is -0.507 e. The van der Waals surface area contributed by atoms with E-state index in [-0.39, 0.29) is 17.9 Å². The number of carbonyl (C=O) groups is 1. The Kier molecular flexibility index (Phi) is 4.15. The normalized spacial score (nSPS) is 9.56. The Hall–Kier alpha value is -1.73. The molecule has 0 heterocycles. The Balaban J connectivity index is 3.03. The van der Waals surface area contributed by atoms with Gasteiger partial charge in [0.25, 0.3) is 5.91 Å². The van der Waals surface area contributed by atoms with Gasteiger partial charge >= 0.3 is 0 Å². The van der Waals surface area contributed by atoms with Gasteiger partial charge in [-0.1, -0.05) is 11.6 Å². The zero-order chi connectivity index (χ0) is 12.1. The van der Waals surface area contributed by atoms with Crippen molar-refractivity contribution in [2.45, 2.75) is 6.92 Å². The van der Waals surface area contributed by atoms with Crippen LogP contribution in [-0.4, -0.2) is 29.0 Å². The molecule has 84 valence electrons. The fraction of sp³-hybridized carbons (Fsp3) is 0.273. The number of phenols is 1. The highest BCUT2D eigenvalue weighted by atomic mass is 35.5. The van der Waals surface area contributed by atoms with Crippen molar-refractivity contribution in [1.29, 1.82) is 5.26 Å². The highest BCUT2D eigenvalue weighted by Crippen LogP contribution is 2.22. The lowest BCUT2D eigenvalue weighted by Crippen LogP contribution is -2.31. The van der Waals surface area contributed by atoms with Crippen LogP contribution in [0.25, 0.3) is 0 Å². The van der Waals surface area contributed by atoms with Crippen LogP contribution in [-0.2, 0) is 0 Å². The standard InChI is InChI=1S/C11H11ClN2O2/c1-2-14(6-5-13)11(16)9-7-8(12)3-4-10(9)15/h3-4,7,15H,2,6H2,1H3. The zero-order valence-electron chi connectivity index (χ0n) is 8.77. The molecule has 0 unspecified atom stereocenters. The number of rotatable bonds is 3. The first-order valence-corrected chi connectivity index (χ1v) is 5.12. The van der Waals surface area contributed by atoms with Gasteiger partial charge in [-0.05, 0) is 25.1 Å². The summed E-state index contributed by atoms with van der Waals surface area (Å²) in [7, 11) is 0. The number of hydrogen-bond donors (Lipinski definition) is 1. The summed E-state index contributed by atoms with van der Waals surface area (Å²) in [6.45, 7) is 2.15. The molecule has 1 amide bonds. The molecule has 0 radical (unpaired) electrons. The lowest BCUT2D eigenvalue weighted by Gasteiger charge is -2.17. The molecule has 0 aliphatic rings. The third kappa shape index (κ3) is 2.65. The number of nitriles is 1. The predicted octanol–water partition coefficient (Wildman–Crippen LogP) is 2.03. The molecular weight excluding hydrogens is 228 g/mol. The van der Waals surface area contributed by atoms with Crippen LogP contribution in [0, 0.1) is 11.3 Å². The average Bonchev–Trinajstić information content (AvgIpc) is 2.28. The highest BCUT2D eigenvalue weighted by Gasteiger charge is 2.17. The third-order valence-corrected chi connectivity index (χ3v) is 2.35. The molecule has 0 saturated carbocycles. The van der Waals surface area contributed by atoms with Crippen LogP contribution in [0.5, 0.6) is 5.75 Å². The summed E-state index contributed by atoms with van der Waals surface area (Å²) in [6.07, 6.45) is 0. The van der Waals surface area contributed by atoms with Gasteiger partial charge < -0.3 is 10.0 Å². The topological polar surface area (TPSA) is 64.3 Å². The maximum atomic E-state index is 11.9. The molecule has 1 aromatic carbocycles. The van der Waals surface area contributed by atoms with Crippen molar-refractivity contribution in [2.24, 2.45) is 0 Å². The number of halogens is 1. The first-order chi connectivity index (χ1) is 7.60. The van der Waals surface area contributed by atoms with Crippen LogP contribution in [0.15, 0.2) is 18.2 Å². The summed E-state index contributed by atoms with van der Waals surface area (Å²) in [6, 6.07) is 6.13. The number of phenolic OH excluding ortho intramolecular Hbond substituents is 1. The van der Waals surface area contributed by atoms with Crippen molar-refractivity contribution in [3.63, 3.8) is 0 Å². The molecule has 0 aliphatic heterocycles. The van der Waals surface area contributed by atoms with E-state index in [1.54, 1.807) is 6.92 Å². The Labute approximate surface area is 98.7 Å². The van der Waals surface area contributed by atoms with Gasteiger partial charge in [0.1, 0.15) is 12.3 Å². The molecule has 0 spiro atoms. The van der Waals surface area contributed by atoms with Gasteiger partial charge in [0.2, 0.25) is 0 Å². The van der Waals surface area contributed by atoms with Crippen molar-refractivity contribution >= 4 is 17.5 Å². The van der Waals surface area contributed by atoms with Crippen LogP contribution in [0.4, 0.5) is 0 Å². The molecule has 0 saturated heterocycles. The van der Waals surface area contributed by atoms with Crippen LogP contribution >= 0.6 is 11.6 Å². The Bertz CT molecular complexity index is 440.